The van der Waals surface area contributed by atoms with E-state index in [0.717, 1.165) is 44.1 Å². The van der Waals surface area contributed by atoms with Gasteiger partial charge in [-0.1, -0.05) is 70.1 Å². The largest absolute Gasteiger partial charge is 0.444 e. The topological polar surface area (TPSA) is 111 Å². The molecule has 4 N–H and O–H groups in total. The summed E-state index contributed by atoms with van der Waals surface area (Å²) in [5, 5.41) is 5.58. The highest BCUT2D eigenvalue weighted by Crippen LogP contribution is 2.34. The minimum absolute atomic E-state index is 0.303. The number of hydrogen-bond donors (Lipinski definition) is 3. The van der Waals surface area contributed by atoms with Gasteiger partial charge in [0.2, 0.25) is 0 Å². The van der Waals surface area contributed by atoms with Crippen molar-refractivity contribution in [3.8, 4) is 0 Å². The van der Waals surface area contributed by atoms with Gasteiger partial charge in [-0.15, -0.1) is 0 Å². The average molecular weight is 488 g/mol. The molecule has 2 rings (SSSR count). The van der Waals surface area contributed by atoms with E-state index in [9.17, 15) is 14.4 Å². The Hall–Kier alpha value is -2.41. The Morgan fingerprint density at radius 1 is 1.03 bits per heavy atom. The number of amides is 3. The molecule has 1 saturated carbocycles. The molecular weight excluding hydrogens is 442 g/mol. The fourth-order valence-corrected chi connectivity index (χ4v) is 4.95. The van der Waals surface area contributed by atoms with Crippen molar-refractivity contribution in [1.29, 1.82) is 0 Å². The van der Waals surface area contributed by atoms with Crippen LogP contribution in [0.3, 0.4) is 0 Å². The van der Waals surface area contributed by atoms with E-state index in [4.69, 9.17) is 10.5 Å². The van der Waals surface area contributed by atoms with E-state index in [1.165, 1.54) is 6.42 Å². The van der Waals surface area contributed by atoms with Gasteiger partial charge in [-0.3, -0.25) is 14.9 Å². The lowest BCUT2D eigenvalue weighted by molar-refractivity contribution is -0.128. The molecule has 0 heterocycles. The molecule has 1 aromatic rings. The lowest BCUT2D eigenvalue weighted by Gasteiger charge is -2.38. The van der Waals surface area contributed by atoms with Crippen LogP contribution in [-0.2, 0) is 16.0 Å². The monoisotopic (exact) mass is 487 g/mol. The summed E-state index contributed by atoms with van der Waals surface area (Å²) in [4.78, 5) is 40.0. The normalized spacial score (nSPS) is 16.3. The number of benzene rings is 1. The molecule has 0 saturated heterocycles. The van der Waals surface area contributed by atoms with E-state index >= 15 is 0 Å². The van der Waals surface area contributed by atoms with Crippen molar-refractivity contribution in [2.75, 3.05) is 6.54 Å². The van der Waals surface area contributed by atoms with Crippen LogP contribution in [0.2, 0.25) is 0 Å². The number of hydrogen-bond acceptors (Lipinski definition) is 5. The number of rotatable bonds is 11. The third-order valence-electron chi connectivity index (χ3n) is 6.71. The molecule has 1 unspecified atom stereocenters. The van der Waals surface area contributed by atoms with Crippen LogP contribution in [-0.4, -0.2) is 35.6 Å². The Labute approximate surface area is 210 Å². The summed E-state index contributed by atoms with van der Waals surface area (Å²) in [5.74, 6) is -0.594. The first kappa shape index (κ1) is 28.8. The quantitative estimate of drug-likeness (QED) is 0.369. The molecule has 7 nitrogen and oxygen atoms in total. The minimum atomic E-state index is -1.23. The van der Waals surface area contributed by atoms with E-state index in [1.54, 1.807) is 32.9 Å². The fraction of sp³-hybridized carbons (Fsp3) is 0.679. The molecule has 1 aliphatic carbocycles. The predicted molar refractivity (Wildman–Crippen MR) is 139 cm³/mol. The standard InChI is InChI=1S/C28H45N3O4/c1-5-22-16-10-11-17-23(22)24(32)30-25(33)28(18-12-7-13-19-29,20-21-14-8-6-9-15-21)31-26(34)35-27(2,3)4/h10-11,16-17,21H,5-9,12-15,18-20,29H2,1-4H3,(H,31,34)(H,30,32,33). The van der Waals surface area contributed by atoms with Crippen molar-refractivity contribution < 1.29 is 19.1 Å². The van der Waals surface area contributed by atoms with Crippen LogP contribution in [0, 0.1) is 5.92 Å². The number of carbonyl (C=O) groups is 3. The Morgan fingerprint density at radius 3 is 2.34 bits per heavy atom. The summed E-state index contributed by atoms with van der Waals surface area (Å²) >= 11 is 0. The molecule has 35 heavy (non-hydrogen) atoms. The summed E-state index contributed by atoms with van der Waals surface area (Å²) < 4.78 is 5.55. The minimum Gasteiger partial charge on any atom is -0.444 e. The van der Waals surface area contributed by atoms with Gasteiger partial charge in [0.15, 0.2) is 0 Å². The van der Waals surface area contributed by atoms with Gasteiger partial charge in [-0.25, -0.2) is 4.79 Å². The van der Waals surface area contributed by atoms with Crippen LogP contribution in [0.15, 0.2) is 24.3 Å². The van der Waals surface area contributed by atoms with Crippen LogP contribution in [0.25, 0.3) is 0 Å². The van der Waals surface area contributed by atoms with Crippen molar-refractivity contribution in [2.45, 2.75) is 109 Å². The van der Waals surface area contributed by atoms with Gasteiger partial charge in [0.1, 0.15) is 11.1 Å². The number of nitrogens with two attached hydrogens (primary N) is 1. The van der Waals surface area contributed by atoms with E-state index in [-0.39, 0.29) is 0 Å². The van der Waals surface area contributed by atoms with Crippen LogP contribution < -0.4 is 16.4 Å². The number of alkyl carbamates (subject to hydrolysis) is 1. The zero-order chi connectivity index (χ0) is 25.9. The Balaban J connectivity index is 2.35. The molecule has 0 aromatic heterocycles. The highest BCUT2D eigenvalue weighted by atomic mass is 16.6. The second-order valence-corrected chi connectivity index (χ2v) is 10.8. The molecule has 3 amide bonds. The summed E-state index contributed by atoms with van der Waals surface area (Å²) in [7, 11) is 0. The lowest BCUT2D eigenvalue weighted by atomic mass is 9.76. The molecule has 0 aliphatic heterocycles. The van der Waals surface area contributed by atoms with Gasteiger partial charge in [0, 0.05) is 5.56 Å². The number of ether oxygens (including phenoxy) is 1. The van der Waals surface area contributed by atoms with Crippen molar-refractivity contribution >= 4 is 17.9 Å². The van der Waals surface area contributed by atoms with Crippen LogP contribution in [0.4, 0.5) is 4.79 Å². The lowest BCUT2D eigenvalue weighted by Crippen LogP contribution is -2.61. The smallest absolute Gasteiger partial charge is 0.408 e. The first-order chi connectivity index (χ1) is 16.6. The molecule has 0 bridgehead atoms. The van der Waals surface area contributed by atoms with Crippen molar-refractivity contribution in [3.05, 3.63) is 35.4 Å². The third-order valence-corrected chi connectivity index (χ3v) is 6.71. The Morgan fingerprint density at radius 2 is 1.71 bits per heavy atom. The summed E-state index contributed by atoms with van der Waals surface area (Å²) in [6.45, 7) is 7.93. The van der Waals surface area contributed by atoms with Gasteiger partial charge < -0.3 is 15.8 Å². The third kappa shape index (κ3) is 9.28. The second kappa shape index (κ2) is 13.6. The molecule has 1 fully saturated rings. The molecular formula is C28H45N3O4. The Bertz CT molecular complexity index is 843. The molecule has 196 valence electrons. The van der Waals surface area contributed by atoms with Gasteiger partial charge in [-0.05, 0) is 70.5 Å². The van der Waals surface area contributed by atoms with Crippen molar-refractivity contribution in [2.24, 2.45) is 11.7 Å². The van der Waals surface area contributed by atoms with E-state index in [2.05, 4.69) is 10.6 Å². The maximum Gasteiger partial charge on any atom is 0.408 e. The summed E-state index contributed by atoms with van der Waals surface area (Å²) in [5.41, 5.74) is 5.11. The average Bonchev–Trinajstić information content (AvgIpc) is 2.81. The number of imide groups is 1. The maximum absolute atomic E-state index is 13.9. The van der Waals surface area contributed by atoms with Crippen LogP contribution in [0.1, 0.15) is 108 Å². The number of unbranched alkanes of at least 4 members (excludes halogenated alkanes) is 2. The number of nitrogens with one attached hydrogen (secondary N) is 2. The Kier molecular flexibility index (Phi) is 11.2. The summed E-state index contributed by atoms with van der Waals surface area (Å²) in [6.07, 6.45) is 8.82. The van der Waals surface area contributed by atoms with Crippen LogP contribution in [0.5, 0.6) is 0 Å². The maximum atomic E-state index is 13.9. The first-order valence-electron chi connectivity index (χ1n) is 13.2. The van der Waals surface area contributed by atoms with E-state index in [1.807, 2.05) is 19.1 Å². The van der Waals surface area contributed by atoms with Gasteiger partial charge in [0.05, 0.1) is 0 Å². The second-order valence-electron chi connectivity index (χ2n) is 10.8. The van der Waals surface area contributed by atoms with Gasteiger partial charge in [0.25, 0.3) is 11.8 Å². The van der Waals surface area contributed by atoms with Crippen LogP contribution >= 0.6 is 0 Å². The van der Waals surface area contributed by atoms with Crippen molar-refractivity contribution in [1.82, 2.24) is 10.6 Å². The highest BCUT2D eigenvalue weighted by molar-refractivity contribution is 6.08. The van der Waals surface area contributed by atoms with E-state index in [0.29, 0.717) is 43.7 Å². The molecule has 1 aliphatic rings. The fourth-order valence-electron chi connectivity index (χ4n) is 4.95. The first-order valence-corrected chi connectivity index (χ1v) is 13.2. The molecule has 0 radical (unpaired) electrons. The molecule has 1 atom stereocenters. The number of aryl methyl sites for hydroxylation is 1. The van der Waals surface area contributed by atoms with E-state index < -0.39 is 29.0 Å². The summed E-state index contributed by atoms with van der Waals surface area (Å²) in [6, 6.07) is 7.29. The van der Waals surface area contributed by atoms with Gasteiger partial charge in [-0.2, -0.15) is 0 Å². The van der Waals surface area contributed by atoms with Gasteiger partial charge >= 0.3 is 6.09 Å². The SMILES string of the molecule is CCc1ccccc1C(=O)NC(=O)C(CCCCCN)(CC1CCCCC1)NC(=O)OC(C)(C)C. The van der Waals surface area contributed by atoms with Crippen molar-refractivity contribution in [3.63, 3.8) is 0 Å². The highest BCUT2D eigenvalue weighted by Gasteiger charge is 2.43. The molecule has 1 aromatic carbocycles. The number of carbonyl (C=O) groups excluding carboxylic acids is 3. The predicted octanol–water partition coefficient (Wildman–Crippen LogP) is 5.26. The zero-order valence-corrected chi connectivity index (χ0v) is 22.1. The molecule has 7 heteroatoms. The zero-order valence-electron chi connectivity index (χ0n) is 22.1. The molecule has 0 spiro atoms.